The Bertz CT molecular complexity index is 1160. The maximum absolute atomic E-state index is 12.3. The number of anilines is 1. The van der Waals surface area contributed by atoms with E-state index >= 15 is 0 Å². The van der Waals surface area contributed by atoms with Crippen molar-refractivity contribution in [1.29, 1.82) is 0 Å². The number of nitrogens with zero attached hydrogens (tertiary/aromatic N) is 5. The Morgan fingerprint density at radius 1 is 1.15 bits per heavy atom. The Morgan fingerprint density at radius 3 is 2.44 bits per heavy atom. The molecule has 1 fully saturated rings. The molecular weight excluding hydrogens is 500 g/mol. The molecule has 1 aliphatic heterocycles. The van der Waals surface area contributed by atoms with Crippen molar-refractivity contribution < 1.29 is 14.3 Å². The summed E-state index contributed by atoms with van der Waals surface area (Å²) in [5, 5.41) is 0. The fourth-order valence-electron chi connectivity index (χ4n) is 4.11. The SMILES string of the molecule is CCOc1nc(N)c2nc(Br)n(Cc3ccc(C4CCN(C(=O)OC(C)(C)C)CC4)cc3)c2n1. The van der Waals surface area contributed by atoms with Crippen LogP contribution in [-0.2, 0) is 11.3 Å². The van der Waals surface area contributed by atoms with Crippen LogP contribution in [0.2, 0.25) is 0 Å². The van der Waals surface area contributed by atoms with E-state index in [-0.39, 0.29) is 12.1 Å². The fourth-order valence-corrected chi connectivity index (χ4v) is 4.58. The lowest BCUT2D eigenvalue weighted by Gasteiger charge is -2.33. The number of carbonyl (C=O) groups is 1. The second-order valence-electron chi connectivity index (χ2n) is 9.45. The highest BCUT2D eigenvalue weighted by molar-refractivity contribution is 9.10. The van der Waals surface area contributed by atoms with Crippen molar-refractivity contribution in [3.8, 4) is 6.01 Å². The van der Waals surface area contributed by atoms with E-state index in [4.69, 9.17) is 15.2 Å². The summed E-state index contributed by atoms with van der Waals surface area (Å²) in [5.74, 6) is 0.718. The molecule has 3 aromatic rings. The lowest BCUT2D eigenvalue weighted by molar-refractivity contribution is 0.0205. The second-order valence-corrected chi connectivity index (χ2v) is 10.2. The Balaban J connectivity index is 1.44. The van der Waals surface area contributed by atoms with E-state index in [9.17, 15) is 4.79 Å². The van der Waals surface area contributed by atoms with Gasteiger partial charge in [0.15, 0.2) is 21.7 Å². The van der Waals surface area contributed by atoms with Gasteiger partial charge >= 0.3 is 12.1 Å². The highest BCUT2D eigenvalue weighted by Gasteiger charge is 2.27. The first-order chi connectivity index (χ1) is 16.1. The quantitative estimate of drug-likeness (QED) is 0.474. The van der Waals surface area contributed by atoms with Crippen LogP contribution >= 0.6 is 15.9 Å². The summed E-state index contributed by atoms with van der Waals surface area (Å²) >= 11 is 3.52. The van der Waals surface area contributed by atoms with Crippen LogP contribution in [0.15, 0.2) is 29.0 Å². The van der Waals surface area contributed by atoms with Crippen LogP contribution in [0.25, 0.3) is 11.2 Å². The summed E-state index contributed by atoms with van der Waals surface area (Å²) in [6.45, 7) is 10.0. The van der Waals surface area contributed by atoms with Crippen molar-refractivity contribution in [3.05, 3.63) is 40.1 Å². The van der Waals surface area contributed by atoms with Gasteiger partial charge in [-0.05, 0) is 73.5 Å². The summed E-state index contributed by atoms with van der Waals surface area (Å²) in [6, 6.07) is 8.84. The number of ether oxygens (including phenoxy) is 2. The van der Waals surface area contributed by atoms with Gasteiger partial charge in [-0.25, -0.2) is 9.78 Å². The minimum absolute atomic E-state index is 0.226. The third-order valence-electron chi connectivity index (χ3n) is 5.77. The first-order valence-corrected chi connectivity index (χ1v) is 12.3. The van der Waals surface area contributed by atoms with Crippen molar-refractivity contribution in [2.24, 2.45) is 0 Å². The topological polar surface area (TPSA) is 108 Å². The Morgan fingerprint density at radius 2 is 1.82 bits per heavy atom. The van der Waals surface area contributed by atoms with Crippen molar-refractivity contribution >= 4 is 39.0 Å². The molecule has 0 atom stereocenters. The normalized spacial score (nSPS) is 15.0. The molecule has 4 rings (SSSR count). The first kappa shape index (κ1) is 24.3. The standard InChI is InChI=1S/C24H31BrN6O3/c1-5-33-22-28-19(26)18-20(29-22)31(21(25)27-18)14-15-6-8-16(9-7-15)17-10-12-30(13-11-17)23(32)34-24(2,3)4/h6-9,17H,5,10-14H2,1-4H3,(H2,26,28,29). The van der Waals surface area contributed by atoms with E-state index in [1.807, 2.05) is 37.2 Å². The van der Waals surface area contributed by atoms with Gasteiger partial charge in [0.1, 0.15) is 5.60 Å². The van der Waals surface area contributed by atoms with Crippen LogP contribution in [0, 0.1) is 0 Å². The largest absolute Gasteiger partial charge is 0.464 e. The van der Waals surface area contributed by atoms with Crippen LogP contribution < -0.4 is 10.5 Å². The average molecular weight is 531 g/mol. The molecule has 0 bridgehead atoms. The third-order valence-corrected chi connectivity index (χ3v) is 6.37. The number of likely N-dealkylation sites (tertiary alicyclic amines) is 1. The van der Waals surface area contributed by atoms with E-state index in [1.165, 1.54) is 5.56 Å². The maximum Gasteiger partial charge on any atom is 0.410 e. The number of carbonyl (C=O) groups excluding carboxylic acids is 1. The van der Waals surface area contributed by atoms with E-state index in [1.54, 1.807) is 0 Å². The number of benzene rings is 1. The van der Waals surface area contributed by atoms with Crippen molar-refractivity contribution in [1.82, 2.24) is 24.4 Å². The Hall–Kier alpha value is -2.88. The van der Waals surface area contributed by atoms with Gasteiger partial charge in [-0.2, -0.15) is 9.97 Å². The highest BCUT2D eigenvalue weighted by atomic mass is 79.9. The molecule has 9 nitrogen and oxygen atoms in total. The van der Waals surface area contributed by atoms with Crippen molar-refractivity contribution in [2.45, 2.75) is 58.6 Å². The van der Waals surface area contributed by atoms with Crippen molar-refractivity contribution in [2.75, 3.05) is 25.4 Å². The molecule has 0 radical (unpaired) electrons. The van der Waals surface area contributed by atoms with Gasteiger partial charge in [-0.15, -0.1) is 0 Å². The number of imidazole rings is 1. The molecule has 2 N–H and O–H groups in total. The molecule has 34 heavy (non-hydrogen) atoms. The van der Waals surface area contributed by atoms with Gasteiger partial charge in [0, 0.05) is 13.1 Å². The molecular formula is C24H31BrN6O3. The van der Waals surface area contributed by atoms with Gasteiger partial charge in [-0.1, -0.05) is 24.3 Å². The van der Waals surface area contributed by atoms with Crippen LogP contribution in [0.1, 0.15) is 57.6 Å². The van der Waals surface area contributed by atoms with Crippen molar-refractivity contribution in [3.63, 3.8) is 0 Å². The number of aromatic nitrogens is 4. The molecule has 10 heteroatoms. The number of rotatable bonds is 5. The van der Waals surface area contributed by atoms with Gasteiger partial charge in [0.05, 0.1) is 13.2 Å². The van der Waals surface area contributed by atoms with Gasteiger partial charge in [0.25, 0.3) is 0 Å². The average Bonchev–Trinajstić information content (AvgIpc) is 3.09. The predicted molar refractivity (Wildman–Crippen MR) is 134 cm³/mol. The zero-order chi connectivity index (χ0) is 24.5. The molecule has 1 aliphatic rings. The number of fused-ring (bicyclic) bond motifs is 1. The summed E-state index contributed by atoms with van der Waals surface area (Å²) in [5.41, 5.74) is 9.16. The number of amides is 1. The number of hydrogen-bond donors (Lipinski definition) is 1. The summed E-state index contributed by atoms with van der Waals surface area (Å²) in [4.78, 5) is 27.3. The predicted octanol–water partition coefficient (Wildman–Crippen LogP) is 4.73. The summed E-state index contributed by atoms with van der Waals surface area (Å²) < 4.78 is 13.5. The smallest absolute Gasteiger partial charge is 0.410 e. The van der Waals surface area contributed by atoms with E-state index in [2.05, 4.69) is 55.1 Å². The number of halogens is 1. The molecule has 182 valence electrons. The zero-order valence-electron chi connectivity index (χ0n) is 20.0. The molecule has 0 spiro atoms. The van der Waals surface area contributed by atoms with Crippen LogP contribution in [0.3, 0.4) is 0 Å². The molecule has 0 unspecified atom stereocenters. The third kappa shape index (κ3) is 5.43. The minimum Gasteiger partial charge on any atom is -0.464 e. The molecule has 2 aromatic heterocycles. The zero-order valence-corrected chi connectivity index (χ0v) is 21.6. The molecule has 0 aliphatic carbocycles. The lowest BCUT2D eigenvalue weighted by atomic mass is 9.89. The van der Waals surface area contributed by atoms with Gasteiger partial charge < -0.3 is 20.1 Å². The first-order valence-electron chi connectivity index (χ1n) is 11.5. The Labute approximate surface area is 207 Å². The van der Waals surface area contributed by atoms with E-state index in [0.29, 0.717) is 53.9 Å². The molecule has 1 saturated heterocycles. The molecule has 1 amide bonds. The Kier molecular flexibility index (Phi) is 6.97. The van der Waals surface area contributed by atoms with Crippen LogP contribution in [0.4, 0.5) is 10.6 Å². The van der Waals surface area contributed by atoms with Crippen LogP contribution in [0.5, 0.6) is 6.01 Å². The second kappa shape index (κ2) is 9.77. The van der Waals surface area contributed by atoms with Gasteiger partial charge in [0.2, 0.25) is 0 Å². The van der Waals surface area contributed by atoms with Crippen LogP contribution in [-0.4, -0.2) is 55.8 Å². The number of nitrogens with two attached hydrogens (primary N) is 1. The molecule has 1 aromatic carbocycles. The van der Waals surface area contributed by atoms with E-state index in [0.717, 1.165) is 18.4 Å². The highest BCUT2D eigenvalue weighted by Crippen LogP contribution is 2.30. The van der Waals surface area contributed by atoms with E-state index < -0.39 is 5.60 Å². The number of piperidine rings is 1. The monoisotopic (exact) mass is 530 g/mol. The molecule has 0 saturated carbocycles. The number of nitrogen functional groups attached to an aromatic ring is 1. The number of hydrogen-bond acceptors (Lipinski definition) is 7. The lowest BCUT2D eigenvalue weighted by Crippen LogP contribution is -2.41. The fraction of sp³-hybridized carbons (Fsp3) is 0.500. The summed E-state index contributed by atoms with van der Waals surface area (Å²) in [6.07, 6.45) is 1.62. The van der Waals surface area contributed by atoms with Gasteiger partial charge in [-0.3, -0.25) is 4.57 Å². The molecule has 3 heterocycles. The summed E-state index contributed by atoms with van der Waals surface area (Å²) in [7, 11) is 0. The minimum atomic E-state index is -0.471. The maximum atomic E-state index is 12.3.